The molecule has 0 aliphatic rings. The number of ether oxygens (including phenoxy) is 6. The summed E-state index contributed by atoms with van der Waals surface area (Å²) in [6, 6.07) is 20.4. The molecule has 4 aromatic rings. The van der Waals surface area contributed by atoms with Crippen molar-refractivity contribution >= 4 is 21.5 Å². The summed E-state index contributed by atoms with van der Waals surface area (Å²) in [5.74, 6) is 3.02. The van der Waals surface area contributed by atoms with Crippen LogP contribution in [0.1, 0.15) is 39.5 Å². The lowest BCUT2D eigenvalue weighted by molar-refractivity contribution is 0.0502. The highest BCUT2D eigenvalue weighted by atomic mass is 16.7. The number of methoxy groups -OCH3 is 2. The zero-order valence-electron chi connectivity index (χ0n) is 22.9. The molecule has 202 valence electrons. The number of fused-ring (bicyclic) bond motifs is 2. The molecule has 0 radical (unpaired) electrons. The minimum absolute atomic E-state index is 0.121. The molecule has 0 atom stereocenters. The van der Waals surface area contributed by atoms with Crippen molar-refractivity contribution in [1.82, 2.24) is 0 Å². The molecular formula is C32H38O6. The third kappa shape index (κ3) is 6.50. The first-order chi connectivity index (χ1) is 18.7. The molecule has 4 aromatic carbocycles. The van der Waals surface area contributed by atoms with E-state index in [1.54, 1.807) is 14.2 Å². The van der Waals surface area contributed by atoms with E-state index in [4.69, 9.17) is 28.4 Å². The molecule has 4 rings (SSSR count). The van der Waals surface area contributed by atoms with Crippen LogP contribution in [0.3, 0.4) is 0 Å². The standard InChI is InChI=1S/C32H38O6/c1-5-7-17-35-25-13-9-23-11-15-29(37-21-33-3)31(27(23)19-25)32-28-20-26(36-18-8-6-2)14-10-24(28)12-16-30(32)38-22-34-4/h9-16,19-20H,5-8,17-18,21-22H2,1-4H3. The first kappa shape index (κ1) is 27.6. The quantitative estimate of drug-likeness (QED) is 0.117. The van der Waals surface area contributed by atoms with Crippen LogP contribution in [-0.2, 0) is 9.47 Å². The van der Waals surface area contributed by atoms with Gasteiger partial charge in [-0.05, 0) is 70.8 Å². The van der Waals surface area contributed by atoms with Crippen molar-refractivity contribution in [3.8, 4) is 34.1 Å². The monoisotopic (exact) mass is 518 g/mol. The van der Waals surface area contributed by atoms with E-state index >= 15 is 0 Å². The van der Waals surface area contributed by atoms with Gasteiger partial charge < -0.3 is 28.4 Å². The predicted octanol–water partition coefficient (Wildman–Crippen LogP) is 7.98. The minimum Gasteiger partial charge on any atom is -0.494 e. The van der Waals surface area contributed by atoms with Crippen LogP contribution >= 0.6 is 0 Å². The Morgan fingerprint density at radius 3 is 1.34 bits per heavy atom. The third-order valence-electron chi connectivity index (χ3n) is 6.36. The van der Waals surface area contributed by atoms with Gasteiger partial charge in [0.1, 0.15) is 23.0 Å². The molecular weight excluding hydrogens is 480 g/mol. The molecule has 0 aliphatic heterocycles. The molecule has 0 saturated heterocycles. The predicted molar refractivity (Wildman–Crippen MR) is 153 cm³/mol. The topological polar surface area (TPSA) is 55.4 Å². The van der Waals surface area contributed by atoms with Crippen molar-refractivity contribution in [2.75, 3.05) is 41.0 Å². The van der Waals surface area contributed by atoms with E-state index in [2.05, 4.69) is 50.2 Å². The van der Waals surface area contributed by atoms with E-state index in [1.807, 2.05) is 24.3 Å². The molecule has 0 heterocycles. The van der Waals surface area contributed by atoms with E-state index in [-0.39, 0.29) is 13.6 Å². The third-order valence-corrected chi connectivity index (χ3v) is 6.36. The zero-order chi connectivity index (χ0) is 26.7. The second-order valence-corrected chi connectivity index (χ2v) is 9.15. The normalized spacial score (nSPS) is 11.2. The van der Waals surface area contributed by atoms with E-state index in [1.165, 1.54) is 0 Å². The highest BCUT2D eigenvalue weighted by molar-refractivity contribution is 6.10. The molecule has 6 heteroatoms. The van der Waals surface area contributed by atoms with Crippen LogP contribution in [0.2, 0.25) is 0 Å². The van der Waals surface area contributed by atoms with Crippen LogP contribution in [0.25, 0.3) is 32.7 Å². The summed E-state index contributed by atoms with van der Waals surface area (Å²) < 4.78 is 35.0. The summed E-state index contributed by atoms with van der Waals surface area (Å²) in [4.78, 5) is 0. The van der Waals surface area contributed by atoms with Crippen LogP contribution in [0.15, 0.2) is 60.7 Å². The Morgan fingerprint density at radius 1 is 0.526 bits per heavy atom. The SMILES string of the molecule is CCCCOc1ccc2ccc(OCOC)c(-c3c(OCOC)ccc4ccc(OCCCC)cc34)c2c1. The number of unbranched alkanes of at least 4 members (excludes halogenated alkanes) is 2. The van der Waals surface area contributed by atoms with Gasteiger partial charge in [-0.1, -0.05) is 51.0 Å². The average molecular weight is 519 g/mol. The van der Waals surface area contributed by atoms with Gasteiger partial charge in [0.05, 0.1) is 13.2 Å². The summed E-state index contributed by atoms with van der Waals surface area (Å²) in [6.45, 7) is 5.90. The summed E-state index contributed by atoms with van der Waals surface area (Å²) in [6.07, 6.45) is 4.15. The van der Waals surface area contributed by atoms with Crippen molar-refractivity contribution in [3.63, 3.8) is 0 Å². The Hall–Kier alpha value is -3.48. The zero-order valence-corrected chi connectivity index (χ0v) is 22.9. The van der Waals surface area contributed by atoms with Crippen LogP contribution in [-0.4, -0.2) is 41.0 Å². The number of rotatable bonds is 15. The maximum atomic E-state index is 6.12. The Kier molecular flexibility index (Phi) is 10.1. The molecule has 0 amide bonds. The smallest absolute Gasteiger partial charge is 0.188 e. The lowest BCUT2D eigenvalue weighted by Gasteiger charge is -2.20. The molecule has 0 aliphatic carbocycles. The van der Waals surface area contributed by atoms with Gasteiger partial charge in [0.25, 0.3) is 0 Å². The molecule has 0 fully saturated rings. The molecule has 38 heavy (non-hydrogen) atoms. The summed E-state index contributed by atoms with van der Waals surface area (Å²) in [5, 5.41) is 4.13. The Labute approximate surface area is 225 Å². The van der Waals surface area contributed by atoms with Gasteiger partial charge in [-0.2, -0.15) is 0 Å². The fourth-order valence-corrected chi connectivity index (χ4v) is 4.41. The highest BCUT2D eigenvalue weighted by Crippen LogP contribution is 2.47. The fourth-order valence-electron chi connectivity index (χ4n) is 4.41. The van der Waals surface area contributed by atoms with Crippen molar-refractivity contribution in [3.05, 3.63) is 60.7 Å². The van der Waals surface area contributed by atoms with Crippen molar-refractivity contribution < 1.29 is 28.4 Å². The maximum Gasteiger partial charge on any atom is 0.188 e. The maximum absolute atomic E-state index is 6.12. The first-order valence-electron chi connectivity index (χ1n) is 13.3. The van der Waals surface area contributed by atoms with Gasteiger partial charge in [0, 0.05) is 25.3 Å². The second kappa shape index (κ2) is 13.9. The lowest BCUT2D eigenvalue weighted by Crippen LogP contribution is -2.04. The second-order valence-electron chi connectivity index (χ2n) is 9.15. The molecule has 0 bridgehead atoms. The largest absolute Gasteiger partial charge is 0.494 e. The van der Waals surface area contributed by atoms with Gasteiger partial charge in [-0.25, -0.2) is 0 Å². The Morgan fingerprint density at radius 2 is 0.947 bits per heavy atom. The van der Waals surface area contributed by atoms with Crippen molar-refractivity contribution in [1.29, 1.82) is 0 Å². The van der Waals surface area contributed by atoms with E-state index in [0.29, 0.717) is 24.7 Å². The first-order valence-corrected chi connectivity index (χ1v) is 13.3. The van der Waals surface area contributed by atoms with Crippen molar-refractivity contribution in [2.24, 2.45) is 0 Å². The number of hydrogen-bond acceptors (Lipinski definition) is 6. The summed E-state index contributed by atoms with van der Waals surface area (Å²) >= 11 is 0. The van der Waals surface area contributed by atoms with Gasteiger partial charge in [0.2, 0.25) is 0 Å². The fraction of sp³-hybridized carbons (Fsp3) is 0.375. The van der Waals surface area contributed by atoms with Crippen molar-refractivity contribution in [2.45, 2.75) is 39.5 Å². The van der Waals surface area contributed by atoms with E-state index in [0.717, 1.165) is 69.9 Å². The van der Waals surface area contributed by atoms with Crippen LogP contribution in [0, 0.1) is 0 Å². The average Bonchev–Trinajstić information content (AvgIpc) is 2.94. The molecule has 0 saturated carbocycles. The summed E-state index contributed by atoms with van der Waals surface area (Å²) in [5.41, 5.74) is 1.81. The van der Waals surface area contributed by atoms with Gasteiger partial charge in [-0.3, -0.25) is 0 Å². The van der Waals surface area contributed by atoms with Crippen LogP contribution in [0.4, 0.5) is 0 Å². The summed E-state index contributed by atoms with van der Waals surface area (Å²) in [7, 11) is 3.23. The van der Waals surface area contributed by atoms with Gasteiger partial charge in [0.15, 0.2) is 13.6 Å². The molecule has 0 unspecified atom stereocenters. The number of benzene rings is 4. The van der Waals surface area contributed by atoms with Crippen LogP contribution in [0.5, 0.6) is 23.0 Å². The van der Waals surface area contributed by atoms with Gasteiger partial charge in [-0.15, -0.1) is 0 Å². The van der Waals surface area contributed by atoms with Crippen LogP contribution < -0.4 is 18.9 Å². The molecule has 0 aromatic heterocycles. The number of hydrogen-bond donors (Lipinski definition) is 0. The molecule has 0 N–H and O–H groups in total. The molecule has 6 nitrogen and oxygen atoms in total. The van der Waals surface area contributed by atoms with Gasteiger partial charge >= 0.3 is 0 Å². The molecule has 0 spiro atoms. The minimum atomic E-state index is 0.121. The Bertz CT molecular complexity index is 1230. The highest BCUT2D eigenvalue weighted by Gasteiger charge is 2.20. The lowest BCUT2D eigenvalue weighted by atomic mass is 9.92. The van der Waals surface area contributed by atoms with E-state index in [9.17, 15) is 0 Å². The Balaban J connectivity index is 1.97. The van der Waals surface area contributed by atoms with E-state index < -0.39 is 0 Å².